The molecule has 2 aliphatic rings. The van der Waals surface area contributed by atoms with Crippen molar-refractivity contribution in [2.24, 2.45) is 0 Å². The number of likely N-dealkylation sites (tertiary alicyclic amines) is 1. The van der Waals surface area contributed by atoms with Gasteiger partial charge in [0.1, 0.15) is 17.7 Å². The second kappa shape index (κ2) is 9.14. The van der Waals surface area contributed by atoms with E-state index in [0.717, 1.165) is 11.1 Å². The van der Waals surface area contributed by atoms with Gasteiger partial charge in [-0.1, -0.05) is 11.3 Å². The smallest absolute Gasteiger partial charge is 0.280 e. The number of anilines is 1. The topological polar surface area (TPSA) is 94.6 Å². The number of halogens is 3. The van der Waals surface area contributed by atoms with Crippen LogP contribution in [-0.4, -0.2) is 92.6 Å². The molecule has 0 radical (unpaired) electrons. The highest BCUT2D eigenvalue weighted by Gasteiger charge is 2.47. The van der Waals surface area contributed by atoms with Crippen LogP contribution < -0.4 is 10.1 Å². The Balaban J connectivity index is 1.31. The average Bonchev–Trinajstić information content (AvgIpc) is 3.47. The number of alkyl halides is 3. The van der Waals surface area contributed by atoms with Crippen molar-refractivity contribution in [3.8, 4) is 17.0 Å². The van der Waals surface area contributed by atoms with Crippen LogP contribution in [0, 0.1) is 0 Å². The van der Waals surface area contributed by atoms with Gasteiger partial charge in [-0.25, -0.2) is 22.4 Å². The van der Waals surface area contributed by atoms with Crippen LogP contribution in [-0.2, 0) is 4.74 Å². The molecule has 3 aromatic heterocycles. The second-order valence-electron chi connectivity index (χ2n) is 9.62. The predicted molar refractivity (Wildman–Crippen MR) is 130 cm³/mol. The summed E-state index contributed by atoms with van der Waals surface area (Å²) < 4.78 is 57.1. The van der Waals surface area contributed by atoms with E-state index in [2.05, 4.69) is 25.7 Å². The summed E-state index contributed by atoms with van der Waals surface area (Å²) in [6.07, 6.45) is 1.98. The lowest BCUT2D eigenvalue weighted by molar-refractivity contribution is -0.131. The van der Waals surface area contributed by atoms with E-state index in [0.29, 0.717) is 36.3 Å². The molecule has 6 rings (SSSR count). The molecule has 10 nitrogen and oxygen atoms in total. The van der Waals surface area contributed by atoms with Crippen molar-refractivity contribution in [1.29, 1.82) is 0 Å². The Morgan fingerprint density at radius 3 is 2.81 bits per heavy atom. The highest BCUT2D eigenvalue weighted by molar-refractivity contribution is 5.89. The van der Waals surface area contributed by atoms with Crippen LogP contribution in [0.3, 0.4) is 0 Å². The van der Waals surface area contributed by atoms with Gasteiger partial charge in [0.15, 0.2) is 0 Å². The van der Waals surface area contributed by atoms with E-state index >= 15 is 0 Å². The number of nitrogens with one attached hydrogen (secondary N) is 1. The zero-order chi connectivity index (χ0) is 25.7. The Morgan fingerprint density at radius 2 is 2.11 bits per heavy atom. The molecule has 2 fully saturated rings. The molecule has 2 atom stereocenters. The minimum atomic E-state index is -2.95. The zero-order valence-corrected chi connectivity index (χ0v) is 20.4. The highest BCUT2D eigenvalue weighted by Crippen LogP contribution is 2.35. The fraction of sp³-hybridized carbons (Fsp3) is 0.500. The van der Waals surface area contributed by atoms with E-state index in [1.165, 1.54) is 7.11 Å². The van der Waals surface area contributed by atoms with Crippen molar-refractivity contribution >= 4 is 22.5 Å². The number of fused-ring (bicyclic) bond motifs is 2. The maximum absolute atomic E-state index is 15.0. The van der Waals surface area contributed by atoms with Gasteiger partial charge in [0.25, 0.3) is 5.92 Å². The first kappa shape index (κ1) is 23.9. The summed E-state index contributed by atoms with van der Waals surface area (Å²) in [5, 5.41) is 15.5. The van der Waals surface area contributed by atoms with Gasteiger partial charge < -0.3 is 14.8 Å². The average molecular weight is 517 g/mol. The Hall–Kier alpha value is -3.45. The van der Waals surface area contributed by atoms with Gasteiger partial charge in [-0.3, -0.25) is 4.90 Å². The first-order chi connectivity index (χ1) is 17.9. The van der Waals surface area contributed by atoms with Crippen molar-refractivity contribution in [2.75, 3.05) is 45.4 Å². The number of nitrogens with zero attached hydrogens (tertiary/aromatic N) is 7. The maximum Gasteiger partial charge on any atom is 0.280 e. The van der Waals surface area contributed by atoms with Crippen molar-refractivity contribution < 1.29 is 22.6 Å². The van der Waals surface area contributed by atoms with Crippen LogP contribution >= 0.6 is 0 Å². The third-order valence-electron chi connectivity index (χ3n) is 7.16. The van der Waals surface area contributed by atoms with Crippen LogP contribution in [0.15, 0.2) is 30.5 Å². The highest BCUT2D eigenvalue weighted by atomic mass is 19.3. The quantitative estimate of drug-likeness (QED) is 0.400. The summed E-state index contributed by atoms with van der Waals surface area (Å²) in [7, 11) is 1.47. The third-order valence-corrected chi connectivity index (χ3v) is 7.16. The molecule has 196 valence electrons. The molecule has 5 heterocycles. The minimum Gasteiger partial charge on any atom is -0.479 e. The van der Waals surface area contributed by atoms with Gasteiger partial charge >= 0.3 is 0 Å². The molecule has 2 aliphatic heterocycles. The number of aromatic nitrogens is 6. The molecule has 0 bridgehead atoms. The first-order valence-electron chi connectivity index (χ1n) is 12.2. The van der Waals surface area contributed by atoms with Gasteiger partial charge in [0.2, 0.25) is 11.8 Å². The Kier molecular flexibility index (Phi) is 5.91. The Morgan fingerprint density at radius 1 is 1.27 bits per heavy atom. The fourth-order valence-corrected chi connectivity index (χ4v) is 4.97. The van der Waals surface area contributed by atoms with E-state index in [1.807, 2.05) is 24.3 Å². The number of benzene rings is 1. The normalized spacial score (nSPS) is 21.3. The van der Waals surface area contributed by atoms with Crippen LogP contribution in [0.4, 0.5) is 19.1 Å². The molecule has 1 N–H and O–H groups in total. The van der Waals surface area contributed by atoms with E-state index in [9.17, 15) is 13.2 Å². The van der Waals surface area contributed by atoms with Crippen LogP contribution in [0.1, 0.15) is 19.4 Å². The molecule has 0 aliphatic carbocycles. The van der Waals surface area contributed by atoms with Crippen LogP contribution in [0.5, 0.6) is 5.88 Å². The van der Waals surface area contributed by atoms with Gasteiger partial charge in [-0.15, -0.1) is 10.2 Å². The summed E-state index contributed by atoms with van der Waals surface area (Å²) in [5.41, 5.74) is 3.51. The maximum atomic E-state index is 15.0. The van der Waals surface area contributed by atoms with Crippen molar-refractivity contribution in [3.63, 3.8) is 0 Å². The van der Waals surface area contributed by atoms with E-state index < -0.39 is 24.7 Å². The number of piperidine rings is 1. The number of ether oxygens (including phenoxy) is 2. The summed E-state index contributed by atoms with van der Waals surface area (Å²) in [6, 6.07) is 5.92. The molecule has 0 unspecified atom stereocenters. The standard InChI is InChI=1S/C24H27F3N8O2/c1-14(10-25)35-19-9-15(3-4-18(19)30-32-35)17-5-8-34-21(17)22(36-2)29-23(31-34)28-20-6-7-33(13-24(20,26)27)16-11-37-12-16/h3-5,8-9,14,16,20H,6-7,10-13H2,1-2H3,(H,28,31)/t14-,20-/m1/s1. The fourth-order valence-electron chi connectivity index (χ4n) is 4.97. The summed E-state index contributed by atoms with van der Waals surface area (Å²) >= 11 is 0. The van der Waals surface area contributed by atoms with Crippen molar-refractivity contribution in [3.05, 3.63) is 30.5 Å². The summed E-state index contributed by atoms with van der Waals surface area (Å²) in [4.78, 5) is 6.21. The molecule has 1 aromatic carbocycles. The molecular weight excluding hydrogens is 489 g/mol. The van der Waals surface area contributed by atoms with Crippen LogP contribution in [0.2, 0.25) is 0 Å². The lowest BCUT2D eigenvalue weighted by Gasteiger charge is -2.44. The monoisotopic (exact) mass is 516 g/mol. The zero-order valence-electron chi connectivity index (χ0n) is 20.4. The molecule has 13 heteroatoms. The largest absolute Gasteiger partial charge is 0.479 e. The number of methoxy groups -OCH3 is 1. The Labute approximate surface area is 210 Å². The van der Waals surface area contributed by atoms with Gasteiger partial charge in [-0.05, 0) is 37.1 Å². The predicted octanol–water partition coefficient (Wildman–Crippen LogP) is 3.20. The molecule has 2 saturated heterocycles. The second-order valence-corrected chi connectivity index (χ2v) is 9.62. The lowest BCUT2D eigenvalue weighted by Crippen LogP contribution is -2.61. The molecule has 0 amide bonds. The number of hydrogen-bond acceptors (Lipinski definition) is 8. The van der Waals surface area contributed by atoms with Crippen molar-refractivity contribution in [1.82, 2.24) is 34.5 Å². The van der Waals surface area contributed by atoms with E-state index in [4.69, 9.17) is 9.47 Å². The molecule has 0 saturated carbocycles. The first-order valence-corrected chi connectivity index (χ1v) is 12.2. The van der Waals surface area contributed by atoms with E-state index in [1.54, 1.807) is 27.2 Å². The molecule has 37 heavy (non-hydrogen) atoms. The minimum absolute atomic E-state index is 0.0612. The van der Waals surface area contributed by atoms with Crippen molar-refractivity contribution in [2.45, 2.75) is 37.4 Å². The number of hydrogen-bond donors (Lipinski definition) is 1. The molecular formula is C24H27F3N8O2. The summed E-state index contributed by atoms with van der Waals surface area (Å²) in [5.74, 6) is -2.65. The van der Waals surface area contributed by atoms with Gasteiger partial charge in [-0.2, -0.15) is 4.98 Å². The van der Waals surface area contributed by atoms with Crippen LogP contribution in [0.25, 0.3) is 27.7 Å². The molecule has 0 spiro atoms. The Bertz CT molecular complexity index is 1440. The summed E-state index contributed by atoms with van der Waals surface area (Å²) in [6.45, 7) is 2.38. The molecule has 4 aromatic rings. The number of rotatable bonds is 7. The van der Waals surface area contributed by atoms with Gasteiger partial charge in [0.05, 0.1) is 50.5 Å². The SMILES string of the molecule is COc1nc(N[C@@H]2CCN(C3COC3)CC2(F)F)nn2ccc(-c3ccc4nnn([C@H](C)CF)c4c3)c12. The lowest BCUT2D eigenvalue weighted by atomic mass is 9.98. The van der Waals surface area contributed by atoms with Gasteiger partial charge in [0, 0.05) is 18.3 Å². The van der Waals surface area contributed by atoms with E-state index in [-0.39, 0.29) is 30.8 Å². The third kappa shape index (κ3) is 4.15.